The highest BCUT2D eigenvalue weighted by Gasteiger charge is 2.41. The lowest BCUT2D eigenvalue weighted by molar-refractivity contribution is 0.530. The van der Waals surface area contributed by atoms with E-state index in [1.807, 2.05) is 37.3 Å². The molecule has 2 atom stereocenters. The molecule has 8 nitrogen and oxygen atoms in total. The van der Waals surface area contributed by atoms with Crippen molar-refractivity contribution in [3.05, 3.63) is 60.4 Å². The number of hydrogen-bond donors (Lipinski definition) is 0. The molecule has 1 fully saturated rings. The number of nitrogens with zero attached hydrogens (tertiary/aromatic N) is 6. The Hall–Kier alpha value is -3.33. The maximum absolute atomic E-state index is 11.8. The lowest BCUT2D eigenvalue weighted by atomic mass is 10.1. The second-order valence-corrected chi connectivity index (χ2v) is 10.5. The van der Waals surface area contributed by atoms with Gasteiger partial charge < -0.3 is 4.57 Å². The van der Waals surface area contributed by atoms with E-state index in [1.54, 1.807) is 6.20 Å². The number of pyridine rings is 2. The van der Waals surface area contributed by atoms with Gasteiger partial charge in [0.05, 0.1) is 35.7 Å². The summed E-state index contributed by atoms with van der Waals surface area (Å²) in [6.07, 6.45) is 9.40. The molecule has 0 aromatic carbocycles. The highest BCUT2D eigenvalue weighted by atomic mass is 32.2. The predicted octanol–water partition coefficient (Wildman–Crippen LogP) is 3.81. The van der Waals surface area contributed by atoms with Crippen molar-refractivity contribution in [2.75, 3.05) is 6.26 Å². The van der Waals surface area contributed by atoms with E-state index in [4.69, 9.17) is 9.97 Å². The summed E-state index contributed by atoms with van der Waals surface area (Å²) >= 11 is 0. The average molecular weight is 447 g/mol. The molecule has 0 spiro atoms. The zero-order valence-electron chi connectivity index (χ0n) is 17.8. The Kier molecular flexibility index (Phi) is 4.13. The summed E-state index contributed by atoms with van der Waals surface area (Å²) in [5.74, 6) is 1.66. The summed E-state index contributed by atoms with van der Waals surface area (Å²) in [5.41, 5.74) is 6.08. The van der Waals surface area contributed by atoms with Crippen LogP contribution in [0.15, 0.2) is 48.9 Å². The largest absolute Gasteiger partial charge is 0.324 e. The molecule has 0 N–H and O–H groups in total. The Bertz CT molecular complexity index is 1470. The van der Waals surface area contributed by atoms with Gasteiger partial charge in [-0.3, -0.25) is 9.97 Å². The van der Waals surface area contributed by atoms with E-state index >= 15 is 0 Å². The molecular formula is C23H22N6O2S. The Morgan fingerprint density at radius 3 is 2.72 bits per heavy atom. The Morgan fingerprint density at radius 2 is 1.94 bits per heavy atom. The van der Waals surface area contributed by atoms with E-state index in [9.17, 15) is 8.42 Å². The fourth-order valence-corrected chi connectivity index (χ4v) is 5.54. The van der Waals surface area contributed by atoms with Gasteiger partial charge in [-0.05, 0) is 50.5 Å². The number of aromatic nitrogens is 6. The molecule has 32 heavy (non-hydrogen) atoms. The molecule has 2 aliphatic rings. The summed E-state index contributed by atoms with van der Waals surface area (Å²) in [5, 5.41) is 3.98. The second kappa shape index (κ2) is 6.83. The molecule has 2 unspecified atom stereocenters. The molecular weight excluding hydrogens is 424 g/mol. The van der Waals surface area contributed by atoms with Crippen LogP contribution in [-0.2, 0) is 10.0 Å². The second-order valence-electron chi connectivity index (χ2n) is 8.66. The maximum Gasteiger partial charge on any atom is 0.250 e. The fourth-order valence-electron chi connectivity index (χ4n) is 5.02. The Balaban J connectivity index is 1.53. The summed E-state index contributed by atoms with van der Waals surface area (Å²) < 4.78 is 27.0. The predicted molar refractivity (Wildman–Crippen MR) is 121 cm³/mol. The van der Waals surface area contributed by atoms with Crippen LogP contribution in [0.2, 0.25) is 0 Å². The molecule has 1 aliphatic heterocycles. The topological polar surface area (TPSA) is 95.6 Å². The van der Waals surface area contributed by atoms with Crippen molar-refractivity contribution in [3.63, 3.8) is 0 Å². The van der Waals surface area contributed by atoms with Gasteiger partial charge in [-0.2, -0.15) is 9.19 Å². The van der Waals surface area contributed by atoms with Crippen LogP contribution in [0.5, 0.6) is 0 Å². The third-order valence-electron chi connectivity index (χ3n) is 6.43. The van der Waals surface area contributed by atoms with Crippen LogP contribution in [0.25, 0.3) is 33.9 Å². The molecule has 1 aliphatic carbocycles. The monoisotopic (exact) mass is 446 g/mol. The fraction of sp³-hybridized carbons (Fsp3) is 0.304. The van der Waals surface area contributed by atoms with Crippen LogP contribution in [0, 0.1) is 6.92 Å². The standard InChI is InChI=1S/C23H22N6O2S/c1-14-4-3-5-19(26-14)21-22(29-18-7-6-16(10-18)23(29)27-21)15-8-9-24-20(11-15)17-12-25-28(13-17)32(2,30)31/h3-5,8-9,11-13,16,18H,6-7,10H2,1-2H3. The highest BCUT2D eigenvalue weighted by Crippen LogP contribution is 2.52. The number of aryl methyl sites for hydroxylation is 1. The molecule has 162 valence electrons. The smallest absolute Gasteiger partial charge is 0.250 e. The number of imidazole rings is 1. The first-order valence-electron chi connectivity index (χ1n) is 10.7. The molecule has 2 bridgehead atoms. The van der Waals surface area contributed by atoms with Crippen molar-refractivity contribution in [2.45, 2.75) is 38.1 Å². The number of fused-ring (bicyclic) bond motifs is 5. The molecule has 9 heteroatoms. The number of hydrogen-bond acceptors (Lipinski definition) is 6. The van der Waals surface area contributed by atoms with Crippen molar-refractivity contribution < 1.29 is 8.42 Å². The lowest BCUT2D eigenvalue weighted by Gasteiger charge is -2.17. The summed E-state index contributed by atoms with van der Waals surface area (Å²) in [6.45, 7) is 1.99. The Morgan fingerprint density at radius 1 is 1.06 bits per heavy atom. The molecule has 1 saturated carbocycles. The van der Waals surface area contributed by atoms with Crippen molar-refractivity contribution in [2.24, 2.45) is 0 Å². The molecule has 5 heterocycles. The minimum atomic E-state index is -3.45. The van der Waals surface area contributed by atoms with Gasteiger partial charge in [0.15, 0.2) is 0 Å². The van der Waals surface area contributed by atoms with Gasteiger partial charge in [-0.1, -0.05) is 6.07 Å². The van der Waals surface area contributed by atoms with E-state index in [0.29, 0.717) is 23.2 Å². The summed E-state index contributed by atoms with van der Waals surface area (Å²) in [4.78, 5) is 14.3. The van der Waals surface area contributed by atoms with E-state index in [-0.39, 0.29) is 0 Å². The van der Waals surface area contributed by atoms with Crippen molar-refractivity contribution in [1.29, 1.82) is 0 Å². The first-order valence-corrected chi connectivity index (χ1v) is 12.5. The molecule has 4 aromatic heterocycles. The van der Waals surface area contributed by atoms with Crippen LogP contribution in [0.1, 0.15) is 42.7 Å². The summed E-state index contributed by atoms with van der Waals surface area (Å²) in [7, 11) is -3.45. The first-order chi connectivity index (χ1) is 15.4. The van der Waals surface area contributed by atoms with Crippen LogP contribution >= 0.6 is 0 Å². The van der Waals surface area contributed by atoms with Gasteiger partial charge in [-0.25, -0.2) is 13.4 Å². The van der Waals surface area contributed by atoms with Gasteiger partial charge >= 0.3 is 0 Å². The van der Waals surface area contributed by atoms with Crippen LogP contribution in [0.3, 0.4) is 0 Å². The van der Waals surface area contributed by atoms with E-state index < -0.39 is 10.0 Å². The van der Waals surface area contributed by atoms with E-state index in [1.165, 1.54) is 25.2 Å². The van der Waals surface area contributed by atoms with Gasteiger partial charge in [0.25, 0.3) is 10.0 Å². The van der Waals surface area contributed by atoms with E-state index in [2.05, 4.69) is 14.6 Å². The van der Waals surface area contributed by atoms with Crippen molar-refractivity contribution in [1.82, 2.24) is 28.7 Å². The minimum Gasteiger partial charge on any atom is -0.324 e. The molecule has 0 radical (unpaired) electrons. The molecule has 4 aromatic rings. The van der Waals surface area contributed by atoms with E-state index in [0.717, 1.165) is 50.9 Å². The average Bonchev–Trinajstić information content (AvgIpc) is 3.55. The minimum absolute atomic E-state index is 0.459. The SMILES string of the molecule is Cc1cccc(-c2nc3n(c2-c2ccnc(-c4cnn(S(C)(=O)=O)c4)c2)C2CCC3C2)n1. The molecule has 0 amide bonds. The quantitative estimate of drug-likeness (QED) is 0.473. The number of rotatable bonds is 4. The molecule has 6 rings (SSSR count). The van der Waals surface area contributed by atoms with Crippen LogP contribution in [-0.4, -0.2) is 43.4 Å². The summed E-state index contributed by atoms with van der Waals surface area (Å²) in [6, 6.07) is 10.4. The maximum atomic E-state index is 11.8. The van der Waals surface area contributed by atoms with Gasteiger partial charge in [0.1, 0.15) is 11.5 Å². The third-order valence-corrected chi connectivity index (χ3v) is 7.31. The van der Waals surface area contributed by atoms with Crippen LogP contribution in [0.4, 0.5) is 0 Å². The van der Waals surface area contributed by atoms with Crippen LogP contribution < -0.4 is 0 Å². The van der Waals surface area contributed by atoms with Crippen molar-refractivity contribution in [3.8, 4) is 33.9 Å². The molecule has 0 saturated heterocycles. The zero-order chi connectivity index (χ0) is 22.0. The van der Waals surface area contributed by atoms with Crippen molar-refractivity contribution >= 4 is 10.0 Å². The van der Waals surface area contributed by atoms with Gasteiger partial charge in [-0.15, -0.1) is 0 Å². The third kappa shape index (κ3) is 2.99. The Labute approximate surface area is 186 Å². The lowest BCUT2D eigenvalue weighted by Crippen LogP contribution is -2.09. The van der Waals surface area contributed by atoms with Gasteiger partial charge in [0.2, 0.25) is 0 Å². The highest BCUT2D eigenvalue weighted by molar-refractivity contribution is 7.89. The normalized spacial score (nSPS) is 19.4. The van der Waals surface area contributed by atoms with Gasteiger partial charge in [0, 0.05) is 35.0 Å². The zero-order valence-corrected chi connectivity index (χ0v) is 18.6. The first kappa shape index (κ1) is 19.4.